The maximum atomic E-state index is 5.94. The van der Waals surface area contributed by atoms with E-state index in [1.54, 1.807) is 18.1 Å². The zero-order valence-electron chi connectivity index (χ0n) is 13.9. The molecule has 0 saturated heterocycles. The summed E-state index contributed by atoms with van der Waals surface area (Å²) >= 11 is 11.0. The summed E-state index contributed by atoms with van der Waals surface area (Å²) in [5.74, 6) is 1.54. The standard InChI is InChI=1S/C18H17BrClN3OS/c1-12-3-5-16(13(2)9-12)23-11-21-22-18(23)25-8-7-24-17-6-4-14(20)10-15(17)19/h3-6,9-11H,7-8H2,1-2H3. The molecule has 7 heteroatoms. The van der Waals surface area contributed by atoms with Crippen molar-refractivity contribution in [1.29, 1.82) is 0 Å². The summed E-state index contributed by atoms with van der Waals surface area (Å²) < 4.78 is 8.65. The Kier molecular flexibility index (Phi) is 6.04. The second-order valence-corrected chi connectivity index (χ2v) is 7.90. The number of aryl methyl sites for hydroxylation is 2. The maximum Gasteiger partial charge on any atom is 0.195 e. The van der Waals surface area contributed by atoms with Crippen molar-refractivity contribution in [3.05, 3.63) is 63.3 Å². The molecule has 0 aliphatic carbocycles. The fourth-order valence-electron chi connectivity index (χ4n) is 2.44. The molecule has 0 radical (unpaired) electrons. The van der Waals surface area contributed by atoms with Gasteiger partial charge >= 0.3 is 0 Å². The van der Waals surface area contributed by atoms with Gasteiger partial charge in [0.25, 0.3) is 0 Å². The Labute approximate surface area is 164 Å². The average Bonchev–Trinajstić information content (AvgIpc) is 3.01. The van der Waals surface area contributed by atoms with Crippen molar-refractivity contribution in [2.24, 2.45) is 0 Å². The van der Waals surface area contributed by atoms with Crippen LogP contribution in [0.1, 0.15) is 11.1 Å². The van der Waals surface area contributed by atoms with Crippen molar-refractivity contribution in [2.45, 2.75) is 19.0 Å². The van der Waals surface area contributed by atoms with Crippen molar-refractivity contribution >= 4 is 39.3 Å². The number of aromatic nitrogens is 3. The predicted molar refractivity (Wildman–Crippen MR) is 106 cm³/mol. The molecular formula is C18H17BrClN3OS. The Morgan fingerprint density at radius 3 is 2.80 bits per heavy atom. The largest absolute Gasteiger partial charge is 0.492 e. The highest BCUT2D eigenvalue weighted by molar-refractivity contribution is 9.10. The predicted octanol–water partition coefficient (Wildman–Crippen LogP) is 5.47. The van der Waals surface area contributed by atoms with Crippen molar-refractivity contribution in [1.82, 2.24) is 14.8 Å². The summed E-state index contributed by atoms with van der Waals surface area (Å²) in [6.45, 7) is 4.74. The molecule has 25 heavy (non-hydrogen) atoms. The van der Waals surface area contributed by atoms with Gasteiger partial charge in [-0.15, -0.1) is 10.2 Å². The zero-order valence-corrected chi connectivity index (χ0v) is 17.0. The molecule has 0 aliphatic heterocycles. The summed E-state index contributed by atoms with van der Waals surface area (Å²) in [5.41, 5.74) is 3.54. The number of rotatable bonds is 6. The van der Waals surface area contributed by atoms with Crippen LogP contribution in [0, 0.1) is 13.8 Å². The molecule has 0 saturated carbocycles. The molecule has 0 amide bonds. The molecule has 0 fully saturated rings. The second kappa shape index (κ2) is 8.25. The minimum atomic E-state index is 0.560. The Morgan fingerprint density at radius 2 is 2.04 bits per heavy atom. The van der Waals surface area contributed by atoms with Crippen LogP contribution in [0.4, 0.5) is 0 Å². The van der Waals surface area contributed by atoms with Gasteiger partial charge in [0.2, 0.25) is 0 Å². The van der Waals surface area contributed by atoms with Gasteiger partial charge in [-0.2, -0.15) is 0 Å². The van der Waals surface area contributed by atoms with Crippen LogP contribution >= 0.6 is 39.3 Å². The van der Waals surface area contributed by atoms with E-state index in [1.165, 1.54) is 11.1 Å². The number of benzene rings is 2. The molecule has 3 aromatic rings. The molecule has 4 nitrogen and oxygen atoms in total. The summed E-state index contributed by atoms with van der Waals surface area (Å²) in [5, 5.41) is 9.80. The molecular weight excluding hydrogens is 422 g/mol. The first-order valence-electron chi connectivity index (χ1n) is 7.73. The van der Waals surface area contributed by atoms with E-state index < -0.39 is 0 Å². The Balaban J connectivity index is 1.62. The Hall–Kier alpha value is -1.50. The van der Waals surface area contributed by atoms with E-state index in [1.807, 2.05) is 22.8 Å². The molecule has 1 aromatic heterocycles. The third-order valence-corrected chi connectivity index (χ3v) is 5.36. The molecule has 1 heterocycles. The molecule has 3 rings (SSSR count). The highest BCUT2D eigenvalue weighted by atomic mass is 79.9. The van der Waals surface area contributed by atoms with E-state index in [0.29, 0.717) is 11.6 Å². The first-order chi connectivity index (χ1) is 12.0. The van der Waals surface area contributed by atoms with Gasteiger partial charge in [0.05, 0.1) is 16.8 Å². The molecule has 0 aliphatic rings. The summed E-state index contributed by atoms with van der Waals surface area (Å²) in [7, 11) is 0. The van der Waals surface area contributed by atoms with Crippen LogP contribution in [-0.4, -0.2) is 27.1 Å². The third-order valence-electron chi connectivity index (χ3n) is 3.59. The number of hydrogen-bond donors (Lipinski definition) is 0. The topological polar surface area (TPSA) is 39.9 Å². The zero-order chi connectivity index (χ0) is 17.8. The van der Waals surface area contributed by atoms with Gasteiger partial charge in [-0.1, -0.05) is 41.1 Å². The lowest BCUT2D eigenvalue weighted by atomic mass is 10.1. The third kappa shape index (κ3) is 4.57. The quantitative estimate of drug-likeness (QED) is 0.378. The second-order valence-electron chi connectivity index (χ2n) is 5.55. The Morgan fingerprint density at radius 1 is 1.20 bits per heavy atom. The van der Waals surface area contributed by atoms with E-state index in [9.17, 15) is 0 Å². The van der Waals surface area contributed by atoms with Gasteiger partial charge in [-0.05, 0) is 59.6 Å². The number of halogens is 2. The highest BCUT2D eigenvalue weighted by Gasteiger charge is 2.10. The average molecular weight is 439 g/mol. The van der Waals surface area contributed by atoms with Crippen LogP contribution in [0.15, 0.2) is 52.4 Å². The van der Waals surface area contributed by atoms with Crippen molar-refractivity contribution < 1.29 is 4.74 Å². The molecule has 0 spiro atoms. The van der Waals surface area contributed by atoms with E-state index in [4.69, 9.17) is 16.3 Å². The monoisotopic (exact) mass is 437 g/mol. The smallest absolute Gasteiger partial charge is 0.195 e. The molecule has 0 atom stereocenters. The molecule has 0 unspecified atom stereocenters. The summed E-state index contributed by atoms with van der Waals surface area (Å²) in [4.78, 5) is 0. The lowest BCUT2D eigenvalue weighted by Gasteiger charge is -2.11. The van der Waals surface area contributed by atoms with Crippen molar-refractivity contribution in [3.8, 4) is 11.4 Å². The normalized spacial score (nSPS) is 10.9. The first-order valence-corrected chi connectivity index (χ1v) is 9.88. The lowest BCUT2D eigenvalue weighted by molar-refractivity contribution is 0.341. The highest BCUT2D eigenvalue weighted by Crippen LogP contribution is 2.28. The van der Waals surface area contributed by atoms with Crippen LogP contribution in [0.3, 0.4) is 0 Å². The number of hydrogen-bond acceptors (Lipinski definition) is 4. The van der Waals surface area contributed by atoms with E-state index >= 15 is 0 Å². The van der Waals surface area contributed by atoms with Gasteiger partial charge < -0.3 is 4.74 Å². The fraction of sp³-hybridized carbons (Fsp3) is 0.222. The van der Waals surface area contributed by atoms with Crippen LogP contribution in [0.2, 0.25) is 5.02 Å². The number of nitrogens with zero attached hydrogens (tertiary/aromatic N) is 3. The van der Waals surface area contributed by atoms with Gasteiger partial charge in [-0.25, -0.2) is 0 Å². The van der Waals surface area contributed by atoms with Crippen LogP contribution < -0.4 is 4.74 Å². The van der Waals surface area contributed by atoms with Crippen molar-refractivity contribution in [3.63, 3.8) is 0 Å². The van der Waals surface area contributed by atoms with Gasteiger partial charge in [-0.3, -0.25) is 4.57 Å². The lowest BCUT2D eigenvalue weighted by Crippen LogP contribution is -2.03. The van der Waals surface area contributed by atoms with Crippen molar-refractivity contribution in [2.75, 3.05) is 12.4 Å². The molecule has 130 valence electrons. The number of ether oxygens (including phenoxy) is 1. The fourth-order valence-corrected chi connectivity index (χ4v) is 3.98. The van der Waals surface area contributed by atoms with Gasteiger partial charge in [0, 0.05) is 10.8 Å². The van der Waals surface area contributed by atoms with Gasteiger partial charge in [0.1, 0.15) is 12.1 Å². The van der Waals surface area contributed by atoms with E-state index in [2.05, 4.69) is 58.2 Å². The van der Waals surface area contributed by atoms with Gasteiger partial charge in [0.15, 0.2) is 5.16 Å². The SMILES string of the molecule is Cc1ccc(-n2cnnc2SCCOc2ccc(Cl)cc2Br)c(C)c1. The minimum absolute atomic E-state index is 0.560. The van der Waals surface area contributed by atoms with Crippen LogP contribution in [0.5, 0.6) is 5.75 Å². The molecule has 2 aromatic carbocycles. The maximum absolute atomic E-state index is 5.94. The Bertz CT molecular complexity index is 885. The van der Waals surface area contributed by atoms with Crippen LogP contribution in [-0.2, 0) is 0 Å². The minimum Gasteiger partial charge on any atom is -0.492 e. The molecule has 0 bridgehead atoms. The summed E-state index contributed by atoms with van der Waals surface area (Å²) in [6, 6.07) is 11.8. The first kappa shape index (κ1) is 18.3. The van der Waals surface area contributed by atoms with E-state index in [-0.39, 0.29) is 0 Å². The van der Waals surface area contributed by atoms with E-state index in [0.717, 1.165) is 26.8 Å². The number of thioether (sulfide) groups is 1. The summed E-state index contributed by atoms with van der Waals surface area (Å²) in [6.07, 6.45) is 1.75. The molecule has 0 N–H and O–H groups in total. The van der Waals surface area contributed by atoms with Crippen LogP contribution in [0.25, 0.3) is 5.69 Å².